The molecule has 0 N–H and O–H groups in total. The number of hydrogen-bond donors (Lipinski definition) is 0. The van der Waals surface area contributed by atoms with E-state index in [4.69, 9.17) is 0 Å². The van der Waals surface area contributed by atoms with Crippen LogP contribution in [0.15, 0.2) is 51.5 Å². The Morgan fingerprint density at radius 2 is 1.64 bits per heavy atom. The second kappa shape index (κ2) is 4.24. The van der Waals surface area contributed by atoms with Gasteiger partial charge in [-0.05, 0) is 30.3 Å². The van der Waals surface area contributed by atoms with Gasteiger partial charge in [0.1, 0.15) is 0 Å². The Kier molecular flexibility index (Phi) is 2.99. The van der Waals surface area contributed by atoms with Crippen molar-refractivity contribution >= 4 is 31.9 Å². The fourth-order valence-electron chi connectivity index (χ4n) is 1.24. The third-order valence-electron chi connectivity index (χ3n) is 1.82. The van der Waals surface area contributed by atoms with Gasteiger partial charge in [0.2, 0.25) is 0 Å². The standard InChI is InChI=1S/C11H7Br2N/c12-9-5-8(6-10(13)7-9)11-3-1-2-4-14-11/h1-7H. The minimum Gasteiger partial charge on any atom is -0.256 e. The normalized spacial score (nSPS) is 10.1. The molecule has 3 heteroatoms. The second-order valence-corrected chi connectivity index (χ2v) is 4.70. The van der Waals surface area contributed by atoms with Crippen molar-refractivity contribution in [3.63, 3.8) is 0 Å². The van der Waals surface area contributed by atoms with Crippen LogP contribution in [0.3, 0.4) is 0 Å². The summed E-state index contributed by atoms with van der Waals surface area (Å²) in [5.41, 5.74) is 2.08. The van der Waals surface area contributed by atoms with Gasteiger partial charge in [-0.1, -0.05) is 37.9 Å². The molecule has 0 aliphatic carbocycles. The maximum absolute atomic E-state index is 4.29. The van der Waals surface area contributed by atoms with E-state index in [1.54, 1.807) is 6.20 Å². The van der Waals surface area contributed by atoms with Crippen molar-refractivity contribution in [3.8, 4) is 11.3 Å². The topological polar surface area (TPSA) is 12.9 Å². The summed E-state index contributed by atoms with van der Waals surface area (Å²) in [4.78, 5) is 4.29. The lowest BCUT2D eigenvalue weighted by Gasteiger charge is -2.01. The minimum absolute atomic E-state index is 0.981. The largest absolute Gasteiger partial charge is 0.256 e. The Labute approximate surface area is 99.4 Å². The van der Waals surface area contributed by atoms with Crippen LogP contribution < -0.4 is 0 Å². The Bertz CT molecular complexity index is 420. The Morgan fingerprint density at radius 1 is 0.929 bits per heavy atom. The summed E-state index contributed by atoms with van der Waals surface area (Å²) in [5.74, 6) is 0. The van der Waals surface area contributed by atoms with Gasteiger partial charge < -0.3 is 0 Å². The molecule has 0 atom stereocenters. The summed E-state index contributed by atoms with van der Waals surface area (Å²) < 4.78 is 2.10. The summed E-state index contributed by atoms with van der Waals surface area (Å²) >= 11 is 6.90. The lowest BCUT2D eigenvalue weighted by Crippen LogP contribution is -1.81. The number of halogens is 2. The molecule has 14 heavy (non-hydrogen) atoms. The predicted molar refractivity (Wildman–Crippen MR) is 65.1 cm³/mol. The molecule has 0 aliphatic heterocycles. The van der Waals surface area contributed by atoms with Crippen LogP contribution in [0.5, 0.6) is 0 Å². The van der Waals surface area contributed by atoms with E-state index in [1.807, 2.05) is 36.4 Å². The lowest BCUT2D eigenvalue weighted by atomic mass is 10.1. The maximum Gasteiger partial charge on any atom is 0.0702 e. The van der Waals surface area contributed by atoms with E-state index in [0.29, 0.717) is 0 Å². The SMILES string of the molecule is Brc1cc(Br)cc(-c2ccccn2)c1. The monoisotopic (exact) mass is 311 g/mol. The quantitative estimate of drug-likeness (QED) is 0.766. The molecule has 2 rings (SSSR count). The highest BCUT2D eigenvalue weighted by Crippen LogP contribution is 2.26. The van der Waals surface area contributed by atoms with Crippen LogP contribution >= 0.6 is 31.9 Å². The zero-order chi connectivity index (χ0) is 9.97. The molecule has 1 aromatic heterocycles. The van der Waals surface area contributed by atoms with Crippen molar-refractivity contribution in [2.24, 2.45) is 0 Å². The smallest absolute Gasteiger partial charge is 0.0702 e. The molecule has 0 amide bonds. The van der Waals surface area contributed by atoms with Gasteiger partial charge in [-0.15, -0.1) is 0 Å². The van der Waals surface area contributed by atoms with Gasteiger partial charge in [-0.2, -0.15) is 0 Å². The van der Waals surface area contributed by atoms with Gasteiger partial charge in [0.25, 0.3) is 0 Å². The highest BCUT2D eigenvalue weighted by Gasteiger charge is 2.00. The van der Waals surface area contributed by atoms with E-state index in [-0.39, 0.29) is 0 Å². The number of nitrogens with zero attached hydrogens (tertiary/aromatic N) is 1. The average Bonchev–Trinajstić information content (AvgIpc) is 2.18. The zero-order valence-corrected chi connectivity index (χ0v) is 10.4. The van der Waals surface area contributed by atoms with Crippen molar-refractivity contribution < 1.29 is 0 Å². The van der Waals surface area contributed by atoms with Gasteiger partial charge >= 0.3 is 0 Å². The van der Waals surface area contributed by atoms with Gasteiger partial charge in [0, 0.05) is 20.7 Å². The molecule has 1 aromatic carbocycles. The summed E-state index contributed by atoms with van der Waals surface area (Å²) in [7, 11) is 0. The van der Waals surface area contributed by atoms with Crippen molar-refractivity contribution in [1.82, 2.24) is 4.98 Å². The molecule has 2 aromatic rings. The van der Waals surface area contributed by atoms with E-state index in [0.717, 1.165) is 20.2 Å². The third-order valence-corrected chi connectivity index (χ3v) is 2.74. The zero-order valence-electron chi connectivity index (χ0n) is 7.24. The molecule has 1 nitrogen and oxygen atoms in total. The molecule has 0 bridgehead atoms. The summed E-state index contributed by atoms with van der Waals surface area (Å²) in [6.07, 6.45) is 1.80. The number of hydrogen-bond acceptors (Lipinski definition) is 1. The van der Waals surface area contributed by atoms with E-state index in [1.165, 1.54) is 0 Å². The van der Waals surface area contributed by atoms with Crippen LogP contribution in [0.2, 0.25) is 0 Å². The lowest BCUT2D eigenvalue weighted by molar-refractivity contribution is 1.32. The first kappa shape index (κ1) is 9.87. The van der Waals surface area contributed by atoms with Crippen LogP contribution in [0.25, 0.3) is 11.3 Å². The molecule has 0 saturated heterocycles. The third kappa shape index (κ3) is 2.22. The van der Waals surface area contributed by atoms with Crippen molar-refractivity contribution in [2.75, 3.05) is 0 Å². The Hall–Kier alpha value is -0.670. The van der Waals surface area contributed by atoms with E-state index < -0.39 is 0 Å². The highest BCUT2D eigenvalue weighted by molar-refractivity contribution is 9.11. The predicted octanol–water partition coefficient (Wildman–Crippen LogP) is 4.27. The van der Waals surface area contributed by atoms with Gasteiger partial charge in [-0.25, -0.2) is 0 Å². The van der Waals surface area contributed by atoms with Crippen molar-refractivity contribution in [3.05, 3.63) is 51.5 Å². The number of rotatable bonds is 1. The minimum atomic E-state index is 0.981. The second-order valence-electron chi connectivity index (χ2n) is 2.87. The van der Waals surface area contributed by atoms with Crippen LogP contribution in [0.1, 0.15) is 0 Å². The molecular weight excluding hydrogens is 306 g/mol. The van der Waals surface area contributed by atoms with Gasteiger partial charge in [-0.3, -0.25) is 4.98 Å². The molecule has 70 valence electrons. The number of pyridine rings is 1. The number of benzene rings is 1. The molecule has 0 unspecified atom stereocenters. The van der Waals surface area contributed by atoms with Gasteiger partial charge in [0.15, 0.2) is 0 Å². The number of aromatic nitrogens is 1. The molecule has 0 fully saturated rings. The fraction of sp³-hybridized carbons (Fsp3) is 0. The first-order valence-corrected chi connectivity index (χ1v) is 5.72. The van der Waals surface area contributed by atoms with E-state index in [2.05, 4.69) is 36.8 Å². The fourth-order valence-corrected chi connectivity index (χ4v) is 2.53. The van der Waals surface area contributed by atoms with E-state index in [9.17, 15) is 0 Å². The molecule has 1 heterocycles. The molecule has 0 radical (unpaired) electrons. The molecule has 0 aliphatic rings. The van der Waals surface area contributed by atoms with Crippen LogP contribution in [-0.4, -0.2) is 4.98 Å². The first-order chi connectivity index (χ1) is 6.75. The Morgan fingerprint density at radius 3 is 2.21 bits per heavy atom. The Balaban J connectivity index is 2.52. The van der Waals surface area contributed by atoms with Crippen LogP contribution in [0.4, 0.5) is 0 Å². The van der Waals surface area contributed by atoms with Crippen LogP contribution in [-0.2, 0) is 0 Å². The molecule has 0 saturated carbocycles. The van der Waals surface area contributed by atoms with E-state index >= 15 is 0 Å². The average molecular weight is 313 g/mol. The summed E-state index contributed by atoms with van der Waals surface area (Å²) in [5, 5.41) is 0. The first-order valence-electron chi connectivity index (χ1n) is 4.13. The van der Waals surface area contributed by atoms with Crippen molar-refractivity contribution in [2.45, 2.75) is 0 Å². The van der Waals surface area contributed by atoms with Crippen LogP contribution in [0, 0.1) is 0 Å². The van der Waals surface area contributed by atoms with Gasteiger partial charge in [0.05, 0.1) is 5.69 Å². The molecular formula is C11H7Br2N. The summed E-state index contributed by atoms with van der Waals surface area (Å²) in [6, 6.07) is 12.0. The highest BCUT2D eigenvalue weighted by atomic mass is 79.9. The maximum atomic E-state index is 4.29. The molecule has 0 spiro atoms. The van der Waals surface area contributed by atoms with Crippen molar-refractivity contribution in [1.29, 1.82) is 0 Å². The summed E-state index contributed by atoms with van der Waals surface area (Å²) in [6.45, 7) is 0.